The zero-order chi connectivity index (χ0) is 13.9. The highest BCUT2D eigenvalue weighted by Crippen LogP contribution is 2.21. The first-order valence-corrected chi connectivity index (χ1v) is 6.58. The Morgan fingerprint density at radius 2 is 2.11 bits per heavy atom. The number of thiocarbonyl (C=S) groups is 1. The Labute approximate surface area is 117 Å². The minimum Gasteiger partial charge on any atom is -0.466 e. The maximum Gasteiger partial charge on any atom is 0.310 e. The summed E-state index contributed by atoms with van der Waals surface area (Å²) in [7, 11) is 0. The quantitative estimate of drug-likeness (QED) is 0.675. The molecule has 0 aromatic heterocycles. The van der Waals surface area contributed by atoms with Crippen LogP contribution in [0.2, 0.25) is 0 Å². The van der Waals surface area contributed by atoms with Gasteiger partial charge >= 0.3 is 5.97 Å². The summed E-state index contributed by atoms with van der Waals surface area (Å²) in [4.78, 5) is 16.7. The summed E-state index contributed by atoms with van der Waals surface area (Å²) in [5, 5.41) is 3.10. The highest BCUT2D eigenvalue weighted by Gasteiger charge is 2.35. The summed E-state index contributed by atoms with van der Waals surface area (Å²) in [6.07, 6.45) is 0.164. The molecule has 0 saturated heterocycles. The van der Waals surface area contributed by atoms with Gasteiger partial charge in [0.25, 0.3) is 0 Å². The van der Waals surface area contributed by atoms with Crippen molar-refractivity contribution in [2.45, 2.75) is 25.9 Å². The zero-order valence-electron chi connectivity index (χ0n) is 11.0. The van der Waals surface area contributed by atoms with E-state index in [-0.39, 0.29) is 12.4 Å². The number of benzene rings is 1. The molecule has 0 radical (unpaired) electrons. The molecule has 1 aliphatic rings. The molecule has 100 valence electrons. The molecule has 19 heavy (non-hydrogen) atoms. The van der Waals surface area contributed by atoms with Crippen LogP contribution in [0.25, 0.3) is 0 Å². The number of carbonyl (C=O) groups is 1. The van der Waals surface area contributed by atoms with Gasteiger partial charge in [0.05, 0.1) is 13.0 Å². The van der Waals surface area contributed by atoms with Gasteiger partial charge < -0.3 is 10.1 Å². The van der Waals surface area contributed by atoms with Crippen LogP contribution in [0.3, 0.4) is 0 Å². The van der Waals surface area contributed by atoms with E-state index in [0.717, 1.165) is 11.3 Å². The summed E-state index contributed by atoms with van der Waals surface area (Å²) < 4.78 is 4.95. The molecule has 5 heteroatoms. The van der Waals surface area contributed by atoms with E-state index in [9.17, 15) is 4.79 Å². The minimum atomic E-state index is -0.714. The largest absolute Gasteiger partial charge is 0.466 e. The third-order valence-electron chi connectivity index (χ3n) is 2.80. The van der Waals surface area contributed by atoms with Crippen LogP contribution in [0.15, 0.2) is 35.3 Å². The molecule has 2 rings (SSSR count). The molecule has 0 saturated carbocycles. The highest BCUT2D eigenvalue weighted by molar-refractivity contribution is 7.82. The van der Waals surface area contributed by atoms with E-state index in [1.807, 2.05) is 37.3 Å². The molecule has 1 N–H and O–H groups in total. The maximum absolute atomic E-state index is 11.6. The summed E-state index contributed by atoms with van der Waals surface area (Å²) >= 11 is 5.29. The van der Waals surface area contributed by atoms with E-state index in [2.05, 4.69) is 10.3 Å². The van der Waals surface area contributed by atoms with Crippen molar-refractivity contribution in [1.29, 1.82) is 0 Å². The number of nitrogens with zero attached hydrogens (tertiary/aromatic N) is 1. The van der Waals surface area contributed by atoms with Gasteiger partial charge in [-0.15, -0.1) is 0 Å². The van der Waals surface area contributed by atoms with Gasteiger partial charge in [0.2, 0.25) is 0 Å². The Bertz CT molecular complexity index is 528. The lowest BCUT2D eigenvalue weighted by molar-refractivity contribution is -0.144. The standard InChI is InChI=1S/C14H16N2O2S/c1-3-18-11(17)9-14(2)15-12(13(19)16-14)10-7-5-4-6-8-10/h4-8H,3,9H2,1-2H3,(H,16,19). The van der Waals surface area contributed by atoms with Crippen LogP contribution in [-0.2, 0) is 9.53 Å². The fourth-order valence-corrected chi connectivity index (χ4v) is 2.38. The molecule has 0 fully saturated rings. The molecule has 1 unspecified atom stereocenters. The molecule has 4 nitrogen and oxygen atoms in total. The number of hydrogen-bond donors (Lipinski definition) is 1. The zero-order valence-corrected chi connectivity index (χ0v) is 11.8. The maximum atomic E-state index is 11.6. The lowest BCUT2D eigenvalue weighted by atomic mass is 10.1. The lowest BCUT2D eigenvalue weighted by Crippen LogP contribution is -2.41. The average Bonchev–Trinajstić information content (AvgIpc) is 2.66. The SMILES string of the molecule is CCOC(=O)CC1(C)N=C(c2ccccc2)C(=S)N1. The Kier molecular flexibility index (Phi) is 3.95. The normalized spacial score (nSPS) is 21.8. The van der Waals surface area contributed by atoms with E-state index >= 15 is 0 Å². The number of esters is 1. The molecule has 0 aliphatic carbocycles. The van der Waals surface area contributed by atoms with Gasteiger partial charge in [0.1, 0.15) is 16.4 Å². The molecule has 1 atom stereocenters. The first-order valence-electron chi connectivity index (χ1n) is 6.17. The van der Waals surface area contributed by atoms with Gasteiger partial charge in [-0.25, -0.2) is 0 Å². The Morgan fingerprint density at radius 3 is 2.74 bits per heavy atom. The first-order chi connectivity index (χ1) is 9.04. The Morgan fingerprint density at radius 1 is 1.42 bits per heavy atom. The van der Waals surface area contributed by atoms with Gasteiger partial charge in [-0.05, 0) is 13.8 Å². The molecule has 0 bridgehead atoms. The van der Waals surface area contributed by atoms with Crippen LogP contribution in [0.5, 0.6) is 0 Å². The van der Waals surface area contributed by atoms with Crippen LogP contribution >= 0.6 is 12.2 Å². The second-order valence-electron chi connectivity index (χ2n) is 4.54. The second kappa shape index (κ2) is 5.48. The van der Waals surface area contributed by atoms with E-state index in [1.54, 1.807) is 6.92 Å². The summed E-state index contributed by atoms with van der Waals surface area (Å²) in [6.45, 7) is 3.99. The van der Waals surface area contributed by atoms with Crippen LogP contribution in [0.1, 0.15) is 25.8 Å². The molecule has 0 amide bonds. The highest BCUT2D eigenvalue weighted by atomic mass is 32.1. The number of ether oxygens (including phenoxy) is 1. The van der Waals surface area contributed by atoms with Gasteiger partial charge in [-0.1, -0.05) is 42.5 Å². The van der Waals surface area contributed by atoms with Gasteiger partial charge in [0.15, 0.2) is 0 Å². The van der Waals surface area contributed by atoms with Crippen LogP contribution in [0, 0.1) is 0 Å². The number of aliphatic imine (C=N–C) groups is 1. The predicted molar refractivity (Wildman–Crippen MR) is 78.4 cm³/mol. The molecule has 1 aromatic rings. The lowest BCUT2D eigenvalue weighted by Gasteiger charge is -2.20. The first kappa shape index (κ1) is 13.7. The van der Waals surface area contributed by atoms with Gasteiger partial charge in [0, 0.05) is 5.56 Å². The van der Waals surface area contributed by atoms with Crippen molar-refractivity contribution in [2.75, 3.05) is 6.61 Å². The number of hydrogen-bond acceptors (Lipinski definition) is 4. The molecule has 1 aromatic carbocycles. The third-order valence-corrected chi connectivity index (χ3v) is 3.09. The van der Waals surface area contributed by atoms with Crippen molar-refractivity contribution in [3.63, 3.8) is 0 Å². The number of rotatable bonds is 4. The number of nitrogens with one attached hydrogen (secondary N) is 1. The van der Waals surface area contributed by atoms with E-state index < -0.39 is 5.66 Å². The minimum absolute atomic E-state index is 0.164. The molecule has 0 spiro atoms. The van der Waals surface area contributed by atoms with E-state index in [0.29, 0.717) is 11.6 Å². The Hall–Kier alpha value is -1.75. The topological polar surface area (TPSA) is 50.7 Å². The summed E-state index contributed by atoms with van der Waals surface area (Å²) in [6, 6.07) is 9.70. The van der Waals surface area contributed by atoms with Gasteiger partial charge in [-0.2, -0.15) is 0 Å². The van der Waals surface area contributed by atoms with E-state index in [4.69, 9.17) is 17.0 Å². The molecular formula is C14H16N2O2S. The van der Waals surface area contributed by atoms with Crippen molar-refractivity contribution in [1.82, 2.24) is 5.32 Å². The predicted octanol–water partition coefficient (Wildman–Crippen LogP) is 2.08. The molecule has 1 aliphatic heterocycles. The summed E-state index contributed by atoms with van der Waals surface area (Å²) in [5.74, 6) is -0.279. The van der Waals surface area contributed by atoms with Gasteiger partial charge in [-0.3, -0.25) is 9.79 Å². The monoisotopic (exact) mass is 276 g/mol. The Balaban J connectivity index is 2.20. The smallest absolute Gasteiger partial charge is 0.310 e. The van der Waals surface area contributed by atoms with Crippen molar-refractivity contribution in [3.05, 3.63) is 35.9 Å². The second-order valence-corrected chi connectivity index (χ2v) is 4.94. The van der Waals surface area contributed by atoms with Crippen molar-refractivity contribution >= 4 is 28.9 Å². The third kappa shape index (κ3) is 3.17. The fraction of sp³-hybridized carbons (Fsp3) is 0.357. The van der Waals surface area contributed by atoms with Crippen molar-refractivity contribution in [3.8, 4) is 0 Å². The molecule has 1 heterocycles. The van der Waals surface area contributed by atoms with Crippen LogP contribution in [-0.4, -0.2) is 28.9 Å². The number of carbonyl (C=O) groups excluding carboxylic acids is 1. The van der Waals surface area contributed by atoms with Crippen LogP contribution in [0.4, 0.5) is 0 Å². The van der Waals surface area contributed by atoms with E-state index in [1.165, 1.54) is 0 Å². The fourth-order valence-electron chi connectivity index (χ4n) is 2.00. The van der Waals surface area contributed by atoms with Crippen LogP contribution < -0.4 is 5.32 Å². The summed E-state index contributed by atoms with van der Waals surface area (Å²) in [5.41, 5.74) is 0.962. The van der Waals surface area contributed by atoms with Crippen molar-refractivity contribution in [2.24, 2.45) is 4.99 Å². The van der Waals surface area contributed by atoms with Crippen molar-refractivity contribution < 1.29 is 9.53 Å². The average molecular weight is 276 g/mol. The molecular weight excluding hydrogens is 260 g/mol.